The van der Waals surface area contributed by atoms with Crippen LogP contribution in [0.2, 0.25) is 0 Å². The SMILES string of the molecule is COc1ccc([N+](=O)[O-])c2[nH]ccc(=O)c12. The van der Waals surface area contributed by atoms with Gasteiger partial charge in [0.1, 0.15) is 11.3 Å². The van der Waals surface area contributed by atoms with Crippen molar-refractivity contribution >= 4 is 16.6 Å². The number of nitro groups is 1. The molecule has 1 N–H and O–H groups in total. The summed E-state index contributed by atoms with van der Waals surface area (Å²) in [6, 6.07) is 4.02. The van der Waals surface area contributed by atoms with Gasteiger partial charge >= 0.3 is 0 Å². The summed E-state index contributed by atoms with van der Waals surface area (Å²) in [4.78, 5) is 24.5. The van der Waals surface area contributed by atoms with Crippen molar-refractivity contribution < 1.29 is 9.66 Å². The van der Waals surface area contributed by atoms with Crippen molar-refractivity contribution in [2.24, 2.45) is 0 Å². The topological polar surface area (TPSA) is 85.2 Å². The molecular formula is C10H8N2O4. The standard InChI is InChI=1S/C10H8N2O4/c1-16-8-3-2-6(12(14)15)10-9(8)7(13)4-5-11-10/h2-5H,1H3,(H,11,13). The number of fused-ring (bicyclic) bond motifs is 1. The van der Waals surface area contributed by atoms with Gasteiger partial charge in [-0.2, -0.15) is 0 Å². The van der Waals surface area contributed by atoms with Crippen LogP contribution in [0.5, 0.6) is 5.75 Å². The van der Waals surface area contributed by atoms with Crippen LogP contribution in [0.1, 0.15) is 0 Å². The summed E-state index contributed by atoms with van der Waals surface area (Å²) in [7, 11) is 1.41. The highest BCUT2D eigenvalue weighted by atomic mass is 16.6. The number of non-ortho nitro benzene ring substituents is 1. The second-order valence-corrected chi connectivity index (χ2v) is 3.14. The summed E-state index contributed by atoms with van der Waals surface area (Å²) in [6.45, 7) is 0. The maximum absolute atomic E-state index is 11.6. The summed E-state index contributed by atoms with van der Waals surface area (Å²) >= 11 is 0. The van der Waals surface area contributed by atoms with E-state index < -0.39 is 4.92 Å². The summed E-state index contributed by atoms with van der Waals surface area (Å²) in [6.07, 6.45) is 1.37. The van der Waals surface area contributed by atoms with Gasteiger partial charge in [0.15, 0.2) is 5.43 Å². The molecule has 0 unspecified atom stereocenters. The number of benzene rings is 1. The number of hydrogen-bond donors (Lipinski definition) is 1. The van der Waals surface area contributed by atoms with E-state index in [1.807, 2.05) is 0 Å². The Bertz CT molecular complexity index is 618. The van der Waals surface area contributed by atoms with Gasteiger partial charge in [0.2, 0.25) is 0 Å². The fourth-order valence-electron chi connectivity index (χ4n) is 1.57. The molecule has 6 heteroatoms. The highest BCUT2D eigenvalue weighted by molar-refractivity contribution is 5.91. The number of nitro benzene ring substituents is 1. The van der Waals surface area contributed by atoms with Gasteiger partial charge < -0.3 is 9.72 Å². The Balaban J connectivity index is 2.97. The number of nitrogens with zero attached hydrogens (tertiary/aromatic N) is 1. The third-order valence-corrected chi connectivity index (χ3v) is 2.27. The molecule has 82 valence electrons. The Morgan fingerprint density at radius 3 is 2.75 bits per heavy atom. The average molecular weight is 220 g/mol. The quantitative estimate of drug-likeness (QED) is 0.613. The molecule has 0 bridgehead atoms. The molecule has 0 aliphatic heterocycles. The predicted octanol–water partition coefficient (Wildman–Crippen LogP) is 1.44. The van der Waals surface area contributed by atoms with Crippen molar-refractivity contribution in [3.05, 3.63) is 44.7 Å². The van der Waals surface area contributed by atoms with Crippen molar-refractivity contribution in [1.29, 1.82) is 0 Å². The van der Waals surface area contributed by atoms with Gasteiger partial charge in [0.05, 0.1) is 17.4 Å². The van der Waals surface area contributed by atoms with Gasteiger partial charge in [-0.15, -0.1) is 0 Å². The third-order valence-electron chi connectivity index (χ3n) is 2.27. The minimum absolute atomic E-state index is 0.145. The molecule has 2 aromatic rings. The number of pyridine rings is 1. The van der Waals surface area contributed by atoms with Gasteiger partial charge in [0, 0.05) is 18.3 Å². The first-order valence-corrected chi connectivity index (χ1v) is 4.48. The minimum atomic E-state index is -0.544. The smallest absolute Gasteiger partial charge is 0.293 e. The fourth-order valence-corrected chi connectivity index (χ4v) is 1.57. The molecule has 1 aromatic carbocycles. The van der Waals surface area contributed by atoms with E-state index in [0.29, 0.717) is 5.75 Å². The van der Waals surface area contributed by atoms with E-state index in [4.69, 9.17) is 4.74 Å². The molecule has 6 nitrogen and oxygen atoms in total. The summed E-state index contributed by atoms with van der Waals surface area (Å²) in [5.74, 6) is 0.322. The molecular weight excluding hydrogens is 212 g/mol. The largest absolute Gasteiger partial charge is 0.496 e. The van der Waals surface area contributed by atoms with Crippen LogP contribution in [-0.2, 0) is 0 Å². The molecule has 0 radical (unpaired) electrons. The molecule has 0 aliphatic rings. The number of H-pyrrole nitrogens is 1. The number of ether oxygens (including phenoxy) is 1. The van der Waals surface area contributed by atoms with Crippen LogP contribution in [0, 0.1) is 10.1 Å². The van der Waals surface area contributed by atoms with Crippen LogP contribution in [0.15, 0.2) is 29.2 Å². The second-order valence-electron chi connectivity index (χ2n) is 3.14. The zero-order valence-corrected chi connectivity index (χ0v) is 8.39. The van der Waals surface area contributed by atoms with E-state index >= 15 is 0 Å². The Morgan fingerprint density at radius 1 is 1.38 bits per heavy atom. The molecule has 0 spiro atoms. The second kappa shape index (κ2) is 3.65. The molecule has 0 atom stereocenters. The van der Waals surface area contributed by atoms with Crippen molar-refractivity contribution in [2.45, 2.75) is 0 Å². The predicted molar refractivity (Wildman–Crippen MR) is 57.8 cm³/mol. The summed E-state index contributed by atoms with van der Waals surface area (Å²) in [5, 5.41) is 11.0. The van der Waals surface area contributed by atoms with Crippen molar-refractivity contribution in [2.75, 3.05) is 7.11 Å². The molecule has 0 saturated carbocycles. The number of methoxy groups -OCH3 is 1. The highest BCUT2D eigenvalue weighted by Gasteiger charge is 2.16. The summed E-state index contributed by atoms with van der Waals surface area (Å²) < 4.78 is 5.00. The van der Waals surface area contributed by atoms with Gasteiger partial charge in [0.25, 0.3) is 5.69 Å². The van der Waals surface area contributed by atoms with E-state index in [9.17, 15) is 14.9 Å². The van der Waals surface area contributed by atoms with E-state index in [-0.39, 0.29) is 22.0 Å². The minimum Gasteiger partial charge on any atom is -0.496 e. The molecule has 2 rings (SSSR count). The lowest BCUT2D eigenvalue weighted by Gasteiger charge is -2.04. The molecule has 16 heavy (non-hydrogen) atoms. The van der Waals surface area contributed by atoms with Crippen molar-refractivity contribution in [1.82, 2.24) is 4.98 Å². The van der Waals surface area contributed by atoms with Crippen molar-refractivity contribution in [3.63, 3.8) is 0 Å². The van der Waals surface area contributed by atoms with Crippen LogP contribution in [0.25, 0.3) is 10.9 Å². The normalized spacial score (nSPS) is 10.3. The number of rotatable bonds is 2. The van der Waals surface area contributed by atoms with E-state index in [1.54, 1.807) is 0 Å². The zero-order valence-electron chi connectivity index (χ0n) is 8.39. The lowest BCUT2D eigenvalue weighted by molar-refractivity contribution is -0.383. The van der Waals surface area contributed by atoms with Crippen LogP contribution in [0.4, 0.5) is 5.69 Å². The van der Waals surface area contributed by atoms with E-state index in [2.05, 4.69) is 4.98 Å². The third kappa shape index (κ3) is 1.40. The molecule has 0 fully saturated rings. The Morgan fingerprint density at radius 2 is 2.12 bits per heavy atom. The maximum atomic E-state index is 11.6. The highest BCUT2D eigenvalue weighted by Crippen LogP contribution is 2.28. The molecule has 1 heterocycles. The molecule has 0 aliphatic carbocycles. The number of nitrogens with one attached hydrogen (secondary N) is 1. The van der Waals surface area contributed by atoms with Gasteiger partial charge in [-0.1, -0.05) is 0 Å². The number of aromatic amines is 1. The first-order valence-electron chi connectivity index (χ1n) is 4.48. The monoisotopic (exact) mass is 220 g/mol. The number of hydrogen-bond acceptors (Lipinski definition) is 4. The zero-order chi connectivity index (χ0) is 11.7. The van der Waals surface area contributed by atoms with E-state index in [0.717, 1.165) is 0 Å². The van der Waals surface area contributed by atoms with Crippen LogP contribution in [0.3, 0.4) is 0 Å². The van der Waals surface area contributed by atoms with Crippen LogP contribution >= 0.6 is 0 Å². The molecule has 0 amide bonds. The first kappa shape index (κ1) is 10.2. The first-order chi connectivity index (χ1) is 7.65. The van der Waals surface area contributed by atoms with Crippen molar-refractivity contribution in [3.8, 4) is 5.75 Å². The fraction of sp³-hybridized carbons (Fsp3) is 0.100. The van der Waals surface area contributed by atoms with Crippen LogP contribution < -0.4 is 10.2 Å². The average Bonchev–Trinajstić information content (AvgIpc) is 2.27. The number of aromatic nitrogens is 1. The Kier molecular flexibility index (Phi) is 2.32. The van der Waals surface area contributed by atoms with Gasteiger partial charge in [-0.3, -0.25) is 14.9 Å². The molecule has 0 saturated heterocycles. The van der Waals surface area contributed by atoms with E-state index in [1.165, 1.54) is 31.5 Å². The van der Waals surface area contributed by atoms with Gasteiger partial charge in [-0.25, -0.2) is 0 Å². The van der Waals surface area contributed by atoms with Gasteiger partial charge in [-0.05, 0) is 6.07 Å². The maximum Gasteiger partial charge on any atom is 0.293 e. The Labute approximate surface area is 89.6 Å². The summed E-state index contributed by atoms with van der Waals surface area (Å²) in [5.41, 5.74) is -0.278. The lowest BCUT2D eigenvalue weighted by Crippen LogP contribution is -2.04. The Hall–Kier alpha value is -2.37. The molecule has 1 aromatic heterocycles. The lowest BCUT2D eigenvalue weighted by atomic mass is 10.1. The van der Waals surface area contributed by atoms with Crippen LogP contribution in [-0.4, -0.2) is 17.0 Å².